The second-order valence-corrected chi connectivity index (χ2v) is 4.63. The standard InChI is InChI=1S/C13H15N3O2/c17-12-3-1-2-4-13(12)18-9-11-8-16(15-14-11)7-10-5-6-10/h1-4,8,10,17H,5-7,9H2. The van der Waals surface area contributed by atoms with Crippen molar-refractivity contribution < 1.29 is 9.84 Å². The van der Waals surface area contributed by atoms with E-state index >= 15 is 0 Å². The maximum absolute atomic E-state index is 9.55. The Morgan fingerprint density at radius 3 is 2.94 bits per heavy atom. The number of phenols is 1. The smallest absolute Gasteiger partial charge is 0.161 e. The maximum atomic E-state index is 9.55. The Morgan fingerprint density at radius 1 is 1.33 bits per heavy atom. The predicted molar refractivity (Wildman–Crippen MR) is 65.2 cm³/mol. The number of hydrogen-bond donors (Lipinski definition) is 1. The molecule has 0 unspecified atom stereocenters. The molecule has 0 radical (unpaired) electrons. The summed E-state index contributed by atoms with van der Waals surface area (Å²) in [5.74, 6) is 1.38. The van der Waals surface area contributed by atoms with E-state index in [1.54, 1.807) is 18.2 Å². The van der Waals surface area contributed by atoms with Crippen LogP contribution in [0.15, 0.2) is 30.5 Å². The fourth-order valence-corrected chi connectivity index (χ4v) is 1.79. The predicted octanol–water partition coefficient (Wildman–Crippen LogP) is 1.97. The highest BCUT2D eigenvalue weighted by molar-refractivity contribution is 5.37. The van der Waals surface area contributed by atoms with Crippen LogP contribution in [-0.4, -0.2) is 20.1 Å². The van der Waals surface area contributed by atoms with Gasteiger partial charge < -0.3 is 9.84 Å². The van der Waals surface area contributed by atoms with E-state index in [9.17, 15) is 5.11 Å². The van der Waals surface area contributed by atoms with E-state index in [4.69, 9.17) is 4.74 Å². The molecule has 2 aromatic rings. The van der Waals surface area contributed by atoms with Gasteiger partial charge in [-0.3, -0.25) is 4.68 Å². The molecule has 1 fully saturated rings. The molecule has 1 aromatic heterocycles. The quantitative estimate of drug-likeness (QED) is 0.875. The average Bonchev–Trinajstić information content (AvgIpc) is 3.06. The van der Waals surface area contributed by atoms with Crippen molar-refractivity contribution in [2.24, 2.45) is 5.92 Å². The number of phenolic OH excluding ortho intramolecular Hbond substituents is 1. The molecule has 1 aromatic carbocycles. The summed E-state index contributed by atoms with van der Waals surface area (Å²) in [5.41, 5.74) is 0.777. The molecule has 94 valence electrons. The zero-order valence-electron chi connectivity index (χ0n) is 9.99. The first-order valence-corrected chi connectivity index (χ1v) is 6.11. The van der Waals surface area contributed by atoms with Gasteiger partial charge in [-0.05, 0) is 30.9 Å². The van der Waals surface area contributed by atoms with Gasteiger partial charge in [-0.1, -0.05) is 17.3 Å². The third-order valence-electron chi connectivity index (χ3n) is 2.97. The molecule has 1 aliphatic carbocycles. The van der Waals surface area contributed by atoms with Gasteiger partial charge in [0.15, 0.2) is 11.5 Å². The second kappa shape index (κ2) is 4.68. The number of ether oxygens (including phenoxy) is 1. The second-order valence-electron chi connectivity index (χ2n) is 4.63. The van der Waals surface area contributed by atoms with Crippen LogP contribution in [0.25, 0.3) is 0 Å². The molecule has 1 aliphatic rings. The number of aromatic nitrogens is 3. The highest BCUT2D eigenvalue weighted by Gasteiger charge is 2.22. The number of aromatic hydroxyl groups is 1. The first-order valence-electron chi connectivity index (χ1n) is 6.11. The number of rotatable bonds is 5. The van der Waals surface area contributed by atoms with E-state index in [1.165, 1.54) is 12.8 Å². The number of para-hydroxylation sites is 2. The lowest BCUT2D eigenvalue weighted by Gasteiger charge is -2.05. The summed E-state index contributed by atoms with van der Waals surface area (Å²) in [7, 11) is 0. The molecule has 1 saturated carbocycles. The van der Waals surface area contributed by atoms with Crippen LogP contribution in [0.3, 0.4) is 0 Å². The minimum absolute atomic E-state index is 0.142. The summed E-state index contributed by atoms with van der Waals surface area (Å²) in [6.45, 7) is 1.27. The fourth-order valence-electron chi connectivity index (χ4n) is 1.79. The van der Waals surface area contributed by atoms with Crippen LogP contribution >= 0.6 is 0 Å². The molecule has 3 rings (SSSR count). The first-order chi connectivity index (χ1) is 8.81. The molecule has 0 aliphatic heterocycles. The molecule has 1 N–H and O–H groups in total. The number of hydrogen-bond acceptors (Lipinski definition) is 4. The minimum atomic E-state index is 0.142. The summed E-state index contributed by atoms with van der Waals surface area (Å²) >= 11 is 0. The number of nitrogens with zero attached hydrogens (tertiary/aromatic N) is 3. The molecular formula is C13H15N3O2. The van der Waals surface area contributed by atoms with Gasteiger partial charge in [0.2, 0.25) is 0 Å². The molecule has 0 atom stereocenters. The summed E-state index contributed by atoms with van der Waals surface area (Å²) in [6.07, 6.45) is 4.49. The van der Waals surface area contributed by atoms with Crippen molar-refractivity contribution in [3.8, 4) is 11.5 Å². The topological polar surface area (TPSA) is 60.2 Å². The third kappa shape index (κ3) is 2.61. The lowest BCUT2D eigenvalue weighted by atomic mass is 10.3. The van der Waals surface area contributed by atoms with E-state index in [0.29, 0.717) is 12.4 Å². The first kappa shape index (κ1) is 11.1. The van der Waals surface area contributed by atoms with Gasteiger partial charge in [-0.25, -0.2) is 0 Å². The zero-order valence-corrected chi connectivity index (χ0v) is 9.99. The lowest BCUT2D eigenvalue weighted by Crippen LogP contribution is -2.00. The molecule has 5 heteroatoms. The van der Waals surface area contributed by atoms with Gasteiger partial charge in [0.25, 0.3) is 0 Å². The van der Waals surface area contributed by atoms with Gasteiger partial charge >= 0.3 is 0 Å². The fraction of sp³-hybridized carbons (Fsp3) is 0.385. The zero-order chi connectivity index (χ0) is 12.4. The van der Waals surface area contributed by atoms with E-state index in [1.807, 2.05) is 16.9 Å². The molecule has 1 heterocycles. The van der Waals surface area contributed by atoms with Crippen molar-refractivity contribution in [2.75, 3.05) is 0 Å². The van der Waals surface area contributed by atoms with Crippen LogP contribution in [-0.2, 0) is 13.2 Å². The lowest BCUT2D eigenvalue weighted by molar-refractivity contribution is 0.284. The van der Waals surface area contributed by atoms with Gasteiger partial charge in [0, 0.05) is 6.54 Å². The monoisotopic (exact) mass is 245 g/mol. The van der Waals surface area contributed by atoms with Crippen LogP contribution in [0.5, 0.6) is 11.5 Å². The van der Waals surface area contributed by atoms with Gasteiger partial charge in [-0.15, -0.1) is 5.10 Å². The van der Waals surface area contributed by atoms with Crippen molar-refractivity contribution in [1.82, 2.24) is 15.0 Å². The van der Waals surface area contributed by atoms with Crippen molar-refractivity contribution in [2.45, 2.75) is 26.0 Å². The minimum Gasteiger partial charge on any atom is -0.504 e. The Hall–Kier alpha value is -2.04. The molecule has 5 nitrogen and oxygen atoms in total. The molecule has 18 heavy (non-hydrogen) atoms. The van der Waals surface area contributed by atoms with Crippen molar-refractivity contribution in [1.29, 1.82) is 0 Å². The Labute approximate surface area is 105 Å². The largest absolute Gasteiger partial charge is 0.504 e. The van der Waals surface area contributed by atoms with Gasteiger partial charge in [0.05, 0.1) is 6.20 Å². The van der Waals surface area contributed by atoms with Crippen LogP contribution in [0.1, 0.15) is 18.5 Å². The van der Waals surface area contributed by atoms with Crippen LogP contribution in [0.2, 0.25) is 0 Å². The SMILES string of the molecule is Oc1ccccc1OCc1cn(CC2CC2)nn1. The molecule has 0 bridgehead atoms. The summed E-state index contributed by atoms with van der Waals surface area (Å²) < 4.78 is 7.35. The normalized spacial score (nSPS) is 14.7. The Balaban J connectivity index is 1.59. The molecule has 0 spiro atoms. The van der Waals surface area contributed by atoms with E-state index in [0.717, 1.165) is 18.2 Å². The maximum Gasteiger partial charge on any atom is 0.161 e. The Bertz CT molecular complexity index is 535. The molecular weight excluding hydrogens is 230 g/mol. The van der Waals surface area contributed by atoms with E-state index in [-0.39, 0.29) is 5.75 Å². The van der Waals surface area contributed by atoms with Crippen molar-refractivity contribution in [3.63, 3.8) is 0 Å². The average molecular weight is 245 g/mol. The summed E-state index contributed by atoms with van der Waals surface area (Å²) in [4.78, 5) is 0. The van der Waals surface area contributed by atoms with Crippen molar-refractivity contribution >= 4 is 0 Å². The summed E-state index contributed by atoms with van der Waals surface area (Å²) in [5, 5.41) is 17.7. The van der Waals surface area contributed by atoms with Crippen LogP contribution in [0.4, 0.5) is 0 Å². The van der Waals surface area contributed by atoms with Gasteiger partial charge in [-0.2, -0.15) is 0 Å². The highest BCUT2D eigenvalue weighted by Crippen LogP contribution is 2.30. The number of benzene rings is 1. The van der Waals surface area contributed by atoms with E-state index < -0.39 is 0 Å². The Morgan fingerprint density at radius 2 is 2.17 bits per heavy atom. The van der Waals surface area contributed by atoms with Gasteiger partial charge in [0.1, 0.15) is 12.3 Å². The molecule has 0 saturated heterocycles. The van der Waals surface area contributed by atoms with E-state index in [2.05, 4.69) is 10.3 Å². The Kier molecular flexibility index (Phi) is 2.88. The third-order valence-corrected chi connectivity index (χ3v) is 2.97. The summed E-state index contributed by atoms with van der Waals surface area (Å²) in [6, 6.07) is 6.90. The molecule has 0 amide bonds. The van der Waals surface area contributed by atoms with Crippen LogP contribution < -0.4 is 4.74 Å². The van der Waals surface area contributed by atoms with Crippen molar-refractivity contribution in [3.05, 3.63) is 36.2 Å². The van der Waals surface area contributed by atoms with Crippen LogP contribution in [0, 0.1) is 5.92 Å². The highest BCUT2D eigenvalue weighted by atomic mass is 16.5.